The number of benzene rings is 1. The number of aromatic nitrogens is 3. The van der Waals surface area contributed by atoms with E-state index in [1.165, 1.54) is 11.1 Å². The van der Waals surface area contributed by atoms with Gasteiger partial charge < -0.3 is 5.32 Å². The molecule has 0 bridgehead atoms. The van der Waals surface area contributed by atoms with Crippen LogP contribution in [0, 0.1) is 12.8 Å². The average Bonchev–Trinajstić information content (AvgIpc) is 3.14. The van der Waals surface area contributed by atoms with Crippen LogP contribution < -0.4 is 5.32 Å². The molecule has 0 saturated carbocycles. The van der Waals surface area contributed by atoms with Crippen molar-refractivity contribution >= 4 is 5.91 Å². The minimum absolute atomic E-state index is 0.121. The van der Waals surface area contributed by atoms with Gasteiger partial charge >= 0.3 is 0 Å². The second kappa shape index (κ2) is 8.25. The van der Waals surface area contributed by atoms with Crippen molar-refractivity contribution in [3.05, 3.63) is 42.0 Å². The third-order valence-electron chi connectivity index (χ3n) is 4.76. The van der Waals surface area contributed by atoms with Crippen LogP contribution in [0.15, 0.2) is 30.9 Å². The quantitative estimate of drug-likeness (QED) is 0.876. The number of carbonyl (C=O) groups is 1. The molecule has 2 heterocycles. The molecule has 1 aliphatic rings. The minimum atomic E-state index is 0.121. The van der Waals surface area contributed by atoms with Crippen LogP contribution in [-0.2, 0) is 11.3 Å². The maximum atomic E-state index is 12.2. The Morgan fingerprint density at radius 1 is 1.40 bits per heavy atom. The lowest BCUT2D eigenvalue weighted by atomic mass is 9.96. The van der Waals surface area contributed by atoms with Gasteiger partial charge in [0.25, 0.3) is 0 Å². The number of amides is 1. The molecule has 1 amide bonds. The number of piperidine rings is 1. The largest absolute Gasteiger partial charge is 0.356 e. The van der Waals surface area contributed by atoms with Crippen molar-refractivity contribution in [1.29, 1.82) is 0 Å². The normalized spacial score (nSPS) is 18.2. The number of nitrogens with one attached hydrogen (secondary N) is 1. The number of rotatable bonds is 6. The Morgan fingerprint density at radius 2 is 2.28 bits per heavy atom. The molecule has 3 rings (SSSR count). The van der Waals surface area contributed by atoms with Crippen molar-refractivity contribution in [2.24, 2.45) is 5.92 Å². The highest BCUT2D eigenvalue weighted by Crippen LogP contribution is 2.21. The summed E-state index contributed by atoms with van der Waals surface area (Å²) in [5.41, 5.74) is 3.50. The molecule has 1 N–H and O–H groups in total. The number of nitrogens with zero attached hydrogens (tertiary/aromatic N) is 4. The molecule has 25 heavy (non-hydrogen) atoms. The lowest BCUT2D eigenvalue weighted by Crippen LogP contribution is -2.42. The van der Waals surface area contributed by atoms with Crippen molar-refractivity contribution in [3.8, 4) is 5.69 Å². The smallest absolute Gasteiger partial charge is 0.224 e. The van der Waals surface area contributed by atoms with Crippen LogP contribution in [-0.4, -0.2) is 45.2 Å². The van der Waals surface area contributed by atoms with Gasteiger partial charge in [-0.1, -0.05) is 19.1 Å². The molecule has 0 aliphatic carbocycles. The topological polar surface area (TPSA) is 63.1 Å². The van der Waals surface area contributed by atoms with Gasteiger partial charge in [-0.25, -0.2) is 9.67 Å². The fourth-order valence-corrected chi connectivity index (χ4v) is 3.47. The Kier molecular flexibility index (Phi) is 5.81. The first-order valence-corrected chi connectivity index (χ1v) is 9.12. The van der Waals surface area contributed by atoms with Gasteiger partial charge in [0.1, 0.15) is 12.7 Å². The number of carbonyl (C=O) groups excluding carboxylic acids is 1. The summed E-state index contributed by atoms with van der Waals surface area (Å²) in [4.78, 5) is 18.6. The van der Waals surface area contributed by atoms with Crippen LogP contribution >= 0.6 is 0 Å². The van der Waals surface area contributed by atoms with E-state index in [0.717, 1.165) is 51.1 Å². The van der Waals surface area contributed by atoms with E-state index >= 15 is 0 Å². The Bertz CT molecular complexity index is 698. The van der Waals surface area contributed by atoms with Crippen molar-refractivity contribution in [2.75, 3.05) is 19.6 Å². The van der Waals surface area contributed by atoms with Crippen LogP contribution in [0.2, 0.25) is 0 Å². The van der Waals surface area contributed by atoms with E-state index in [9.17, 15) is 4.79 Å². The third kappa shape index (κ3) is 4.45. The fraction of sp³-hybridized carbons (Fsp3) is 0.526. The molecular formula is C19H27N5O. The first kappa shape index (κ1) is 17.6. The maximum Gasteiger partial charge on any atom is 0.224 e. The summed E-state index contributed by atoms with van der Waals surface area (Å²) in [5, 5.41) is 7.23. The molecule has 1 fully saturated rings. The molecular weight excluding hydrogens is 314 g/mol. The Hall–Kier alpha value is -2.21. The number of likely N-dealkylation sites (tertiary alicyclic amines) is 1. The van der Waals surface area contributed by atoms with Crippen LogP contribution in [0.25, 0.3) is 5.69 Å². The van der Waals surface area contributed by atoms with Gasteiger partial charge in [0.15, 0.2) is 0 Å². The van der Waals surface area contributed by atoms with Crippen molar-refractivity contribution < 1.29 is 4.79 Å². The first-order valence-electron chi connectivity index (χ1n) is 9.12. The summed E-state index contributed by atoms with van der Waals surface area (Å²) in [7, 11) is 0. The Labute approximate surface area is 149 Å². The zero-order valence-electron chi connectivity index (χ0n) is 15.1. The van der Waals surface area contributed by atoms with Crippen LogP contribution in [0.3, 0.4) is 0 Å². The third-order valence-corrected chi connectivity index (χ3v) is 4.76. The molecule has 0 spiro atoms. The van der Waals surface area contributed by atoms with E-state index in [1.807, 2.05) is 0 Å². The summed E-state index contributed by atoms with van der Waals surface area (Å²) < 4.78 is 1.79. The van der Waals surface area contributed by atoms with Gasteiger partial charge in [-0.3, -0.25) is 9.69 Å². The van der Waals surface area contributed by atoms with Crippen molar-refractivity contribution in [2.45, 2.75) is 39.7 Å². The molecule has 2 aromatic rings. The molecule has 134 valence electrons. The van der Waals surface area contributed by atoms with E-state index in [-0.39, 0.29) is 11.8 Å². The molecule has 1 aromatic heterocycles. The zero-order valence-corrected chi connectivity index (χ0v) is 15.1. The van der Waals surface area contributed by atoms with Gasteiger partial charge in [0, 0.05) is 19.6 Å². The zero-order chi connectivity index (χ0) is 17.6. The molecule has 0 radical (unpaired) electrons. The minimum Gasteiger partial charge on any atom is -0.356 e. The highest BCUT2D eigenvalue weighted by molar-refractivity contribution is 5.78. The second-order valence-electron chi connectivity index (χ2n) is 6.83. The highest BCUT2D eigenvalue weighted by atomic mass is 16.1. The fourth-order valence-electron chi connectivity index (χ4n) is 3.47. The summed E-state index contributed by atoms with van der Waals surface area (Å²) in [6.45, 7) is 7.74. The number of aryl methyl sites for hydroxylation is 1. The molecule has 1 atom stereocenters. The predicted octanol–water partition coefficient (Wildman–Crippen LogP) is 2.31. The van der Waals surface area contributed by atoms with Crippen LogP contribution in [0.4, 0.5) is 0 Å². The van der Waals surface area contributed by atoms with E-state index in [1.54, 1.807) is 17.3 Å². The number of hydrogen-bond donors (Lipinski definition) is 1. The Balaban J connectivity index is 1.62. The van der Waals surface area contributed by atoms with E-state index in [0.29, 0.717) is 0 Å². The molecule has 1 aromatic carbocycles. The highest BCUT2D eigenvalue weighted by Gasteiger charge is 2.25. The van der Waals surface area contributed by atoms with Crippen molar-refractivity contribution in [1.82, 2.24) is 25.0 Å². The second-order valence-corrected chi connectivity index (χ2v) is 6.83. The van der Waals surface area contributed by atoms with Gasteiger partial charge in [-0.2, -0.15) is 5.10 Å². The predicted molar refractivity (Wildman–Crippen MR) is 97.4 cm³/mol. The lowest BCUT2D eigenvalue weighted by molar-refractivity contribution is -0.126. The van der Waals surface area contributed by atoms with E-state index in [2.05, 4.69) is 52.3 Å². The molecule has 1 saturated heterocycles. The van der Waals surface area contributed by atoms with Gasteiger partial charge in [-0.15, -0.1) is 0 Å². The van der Waals surface area contributed by atoms with Gasteiger partial charge in [0.05, 0.1) is 11.6 Å². The summed E-state index contributed by atoms with van der Waals surface area (Å²) in [6.07, 6.45) is 6.33. The van der Waals surface area contributed by atoms with Crippen LogP contribution in [0.5, 0.6) is 0 Å². The monoisotopic (exact) mass is 341 g/mol. The molecule has 6 nitrogen and oxygen atoms in total. The molecule has 1 aliphatic heterocycles. The van der Waals surface area contributed by atoms with Gasteiger partial charge in [0.2, 0.25) is 5.91 Å². The summed E-state index contributed by atoms with van der Waals surface area (Å²) in [5.74, 6) is 0.333. The average molecular weight is 341 g/mol. The molecule has 6 heteroatoms. The van der Waals surface area contributed by atoms with Crippen LogP contribution in [0.1, 0.15) is 37.3 Å². The summed E-state index contributed by atoms with van der Waals surface area (Å²) in [6, 6.07) is 6.44. The Morgan fingerprint density at radius 3 is 3.00 bits per heavy atom. The maximum absolute atomic E-state index is 12.2. The standard InChI is InChI=1S/C19H27N5O/c1-3-8-21-19(25)17-5-4-9-23(12-17)11-16-6-7-18(15(2)10-16)24-14-20-13-22-24/h6-7,10,13-14,17H,3-5,8-9,11-12H2,1-2H3,(H,21,25)/t17-/m0/s1. The summed E-state index contributed by atoms with van der Waals surface area (Å²) >= 11 is 0. The SMILES string of the molecule is CCCNC(=O)[C@H]1CCCN(Cc2ccc(-n3cncn3)c(C)c2)C1. The number of hydrogen-bond acceptors (Lipinski definition) is 4. The first-order chi connectivity index (χ1) is 12.2. The van der Waals surface area contributed by atoms with Gasteiger partial charge in [-0.05, 0) is 49.9 Å². The van der Waals surface area contributed by atoms with E-state index in [4.69, 9.17) is 0 Å². The molecule has 0 unspecified atom stereocenters. The van der Waals surface area contributed by atoms with Crippen molar-refractivity contribution in [3.63, 3.8) is 0 Å². The van der Waals surface area contributed by atoms with E-state index < -0.39 is 0 Å². The lowest BCUT2D eigenvalue weighted by Gasteiger charge is -2.32.